The van der Waals surface area contributed by atoms with E-state index >= 15 is 0 Å². The van der Waals surface area contributed by atoms with E-state index in [4.69, 9.17) is 14.7 Å². The van der Waals surface area contributed by atoms with Gasteiger partial charge in [-0.25, -0.2) is 0 Å². The smallest absolute Gasteiger partial charge is 0.373 e. The van der Waals surface area contributed by atoms with Crippen molar-refractivity contribution in [2.75, 3.05) is 13.6 Å². The lowest BCUT2D eigenvalue weighted by atomic mass is 9.78. The van der Waals surface area contributed by atoms with Crippen LogP contribution in [0, 0.1) is 11.8 Å². The molecule has 1 aliphatic carbocycles. The summed E-state index contributed by atoms with van der Waals surface area (Å²) >= 11 is 0. The molecule has 2 heterocycles. The zero-order valence-corrected chi connectivity index (χ0v) is 8.42. The fourth-order valence-electron chi connectivity index (χ4n) is 2.28. The van der Waals surface area contributed by atoms with E-state index in [2.05, 4.69) is 11.0 Å². The van der Waals surface area contributed by atoms with Gasteiger partial charge in [0, 0.05) is 12.6 Å². The van der Waals surface area contributed by atoms with Gasteiger partial charge in [0.25, 0.3) is 0 Å². The van der Waals surface area contributed by atoms with Crippen LogP contribution in [0.2, 0.25) is 0 Å². The van der Waals surface area contributed by atoms with E-state index in [0.717, 1.165) is 13.0 Å². The van der Waals surface area contributed by atoms with E-state index in [-0.39, 0.29) is 18.1 Å². The Balaban J connectivity index is 0.000000337. The molecule has 0 spiro atoms. The van der Waals surface area contributed by atoms with Gasteiger partial charge in [-0.05, 0) is 19.4 Å². The number of hydrogen-bond acceptors (Lipinski definition) is 4. The molecule has 3 atom stereocenters. The molecule has 1 N–H and O–H groups in total. The zero-order chi connectivity index (χ0) is 11.4. The van der Waals surface area contributed by atoms with Crippen LogP contribution in [-0.4, -0.2) is 41.8 Å². The first kappa shape index (κ1) is 11.6. The maximum atomic E-state index is 10.8. The molecule has 0 aromatic rings. The minimum atomic E-state index is -0.652. The third-order valence-electron chi connectivity index (χ3n) is 2.90. The van der Waals surface area contributed by atoms with Gasteiger partial charge in [0.1, 0.15) is 0 Å². The average Bonchev–Trinajstić information content (AvgIpc) is 2.19. The van der Waals surface area contributed by atoms with Crippen LogP contribution in [0.5, 0.6) is 0 Å². The predicted molar refractivity (Wildman–Crippen MR) is 49.8 cm³/mol. The van der Waals surface area contributed by atoms with Crippen molar-refractivity contribution in [1.82, 2.24) is 4.90 Å². The molecule has 0 amide bonds. The molecule has 1 fully saturated rings. The van der Waals surface area contributed by atoms with Crippen molar-refractivity contribution in [1.29, 1.82) is 0 Å². The second-order valence-electron chi connectivity index (χ2n) is 3.84. The summed E-state index contributed by atoms with van der Waals surface area (Å²) < 4.78 is 0. The predicted octanol–water partition coefficient (Wildman–Crippen LogP) is -0.00620. The zero-order valence-electron chi connectivity index (χ0n) is 8.42. The molecule has 5 heteroatoms. The first-order chi connectivity index (χ1) is 7.10. The van der Waals surface area contributed by atoms with Gasteiger partial charge in [-0.15, -0.1) is 0 Å². The number of piperidine rings is 1. The summed E-state index contributed by atoms with van der Waals surface area (Å²) in [7, 11) is 2.00. The Labute approximate surface area is 87.4 Å². The highest BCUT2D eigenvalue weighted by Crippen LogP contribution is 2.33. The molecule has 1 saturated heterocycles. The Morgan fingerprint density at radius 1 is 1.47 bits per heavy atom. The number of carbonyl (C=O) groups is 1. The number of hydrogen-bond donors (Lipinski definition) is 1. The Kier molecular flexibility index (Phi) is 3.77. The highest BCUT2D eigenvalue weighted by molar-refractivity contribution is 5.72. The number of carboxylic acid groups (broad SMARTS) is 1. The number of carboxylic acids is 1. The van der Waals surface area contributed by atoms with Crippen molar-refractivity contribution in [3.63, 3.8) is 0 Å². The molecular weight excluding hydrogens is 198 g/mol. The average molecular weight is 211 g/mol. The Hall–Kier alpha value is -1.45. The number of nitrogens with zero attached hydrogens (tertiary/aromatic N) is 1. The van der Waals surface area contributed by atoms with Gasteiger partial charge in [-0.2, -0.15) is 9.59 Å². The highest BCUT2D eigenvalue weighted by atomic mass is 16.4. The summed E-state index contributed by atoms with van der Waals surface area (Å²) in [5, 5.41) is 8.92. The van der Waals surface area contributed by atoms with E-state index < -0.39 is 5.97 Å². The maximum absolute atomic E-state index is 10.8. The molecule has 82 valence electrons. The number of aliphatic carboxylic acids is 1. The Bertz CT molecular complexity index is 307. The molecule has 2 bridgehead atoms. The van der Waals surface area contributed by atoms with Crippen molar-refractivity contribution >= 4 is 12.1 Å². The second kappa shape index (κ2) is 4.87. The van der Waals surface area contributed by atoms with Gasteiger partial charge in [-0.1, -0.05) is 12.2 Å². The fraction of sp³-hybridized carbons (Fsp3) is 0.600. The number of fused-ring (bicyclic) bond motifs is 2. The molecule has 0 aromatic heterocycles. The van der Waals surface area contributed by atoms with Crippen molar-refractivity contribution in [2.24, 2.45) is 11.8 Å². The molecule has 0 radical (unpaired) electrons. The summed E-state index contributed by atoms with van der Waals surface area (Å²) in [5.41, 5.74) is 0. The van der Waals surface area contributed by atoms with Crippen molar-refractivity contribution < 1.29 is 19.5 Å². The molecule has 0 aromatic carbocycles. The van der Waals surface area contributed by atoms with Gasteiger partial charge in [0.15, 0.2) is 0 Å². The summed E-state index contributed by atoms with van der Waals surface area (Å²) in [4.78, 5) is 29.2. The summed E-state index contributed by atoms with van der Waals surface area (Å²) in [6.45, 7) is 1.02. The van der Waals surface area contributed by atoms with E-state index in [1.54, 1.807) is 0 Å². The largest absolute Gasteiger partial charge is 0.481 e. The van der Waals surface area contributed by atoms with Crippen LogP contribution in [0.1, 0.15) is 6.42 Å². The van der Waals surface area contributed by atoms with E-state index in [1.807, 2.05) is 13.1 Å². The summed E-state index contributed by atoms with van der Waals surface area (Å²) in [6, 6.07) is 0.132. The van der Waals surface area contributed by atoms with Gasteiger partial charge >= 0.3 is 12.1 Å². The van der Waals surface area contributed by atoms with Crippen LogP contribution >= 0.6 is 0 Å². The van der Waals surface area contributed by atoms with Gasteiger partial charge < -0.3 is 5.11 Å². The standard InChI is InChI=1S/C9H13NO2.CO2/c1-10-5-6-2-3-8(10)7(4-6)9(11)12;2-1-3/h2-3,6-8H,4-5H2,1H3,(H,11,12);. The molecule has 3 aliphatic rings. The quantitative estimate of drug-likeness (QED) is 0.617. The normalized spacial score (nSPS) is 32.7. The van der Waals surface area contributed by atoms with Crippen molar-refractivity contribution in [3.05, 3.63) is 12.2 Å². The molecule has 15 heavy (non-hydrogen) atoms. The SMILES string of the molecule is CN1CC2C=CC1C(C(=O)O)C2.O=C=O. The third kappa shape index (κ3) is 2.52. The third-order valence-corrected chi connectivity index (χ3v) is 2.90. The molecule has 0 saturated carbocycles. The topological polar surface area (TPSA) is 74.7 Å². The maximum Gasteiger partial charge on any atom is 0.373 e. The van der Waals surface area contributed by atoms with Crippen LogP contribution in [0.3, 0.4) is 0 Å². The van der Waals surface area contributed by atoms with Crippen molar-refractivity contribution in [3.8, 4) is 0 Å². The van der Waals surface area contributed by atoms with Crippen LogP contribution in [-0.2, 0) is 14.4 Å². The summed E-state index contributed by atoms with van der Waals surface area (Å²) in [5.74, 6) is -0.374. The minimum Gasteiger partial charge on any atom is -0.481 e. The van der Waals surface area contributed by atoms with E-state index in [9.17, 15) is 4.79 Å². The van der Waals surface area contributed by atoms with E-state index in [1.165, 1.54) is 0 Å². The van der Waals surface area contributed by atoms with Crippen molar-refractivity contribution in [2.45, 2.75) is 12.5 Å². The second-order valence-corrected chi connectivity index (χ2v) is 3.84. The highest BCUT2D eigenvalue weighted by Gasteiger charge is 2.39. The Morgan fingerprint density at radius 2 is 2.07 bits per heavy atom. The fourth-order valence-corrected chi connectivity index (χ4v) is 2.28. The minimum absolute atomic E-state index is 0.132. The van der Waals surface area contributed by atoms with Crippen LogP contribution < -0.4 is 0 Å². The monoisotopic (exact) mass is 211 g/mol. The lowest BCUT2D eigenvalue weighted by Crippen LogP contribution is -2.50. The molecular formula is C10H13NO4. The first-order valence-electron chi connectivity index (χ1n) is 4.70. The molecule has 3 unspecified atom stereocenters. The van der Waals surface area contributed by atoms with Crippen LogP contribution in [0.4, 0.5) is 0 Å². The van der Waals surface area contributed by atoms with Crippen LogP contribution in [0.25, 0.3) is 0 Å². The van der Waals surface area contributed by atoms with Gasteiger partial charge in [0.2, 0.25) is 0 Å². The van der Waals surface area contributed by atoms with Gasteiger partial charge in [-0.3, -0.25) is 9.69 Å². The number of rotatable bonds is 1. The number of likely N-dealkylation sites (N-methyl/N-ethyl adjacent to an activating group) is 1. The first-order valence-corrected chi connectivity index (χ1v) is 4.70. The lowest BCUT2D eigenvalue weighted by Gasteiger charge is -2.42. The molecule has 2 aliphatic heterocycles. The molecule has 5 nitrogen and oxygen atoms in total. The Morgan fingerprint density at radius 3 is 2.40 bits per heavy atom. The molecule has 3 rings (SSSR count). The van der Waals surface area contributed by atoms with Gasteiger partial charge in [0.05, 0.1) is 5.92 Å². The lowest BCUT2D eigenvalue weighted by molar-refractivity contribution is -0.191. The van der Waals surface area contributed by atoms with Crippen LogP contribution in [0.15, 0.2) is 12.2 Å². The summed E-state index contributed by atoms with van der Waals surface area (Å²) in [6.07, 6.45) is 5.27. The van der Waals surface area contributed by atoms with E-state index in [0.29, 0.717) is 5.92 Å². The number of carbonyl (C=O) groups excluding carboxylic acids is 2.